The van der Waals surface area contributed by atoms with Gasteiger partial charge in [-0.25, -0.2) is 4.98 Å². The van der Waals surface area contributed by atoms with E-state index in [1.54, 1.807) is 36.6 Å². The minimum Gasteiger partial charge on any atom is -0.486 e. The van der Waals surface area contributed by atoms with Crippen molar-refractivity contribution in [2.24, 2.45) is 0 Å². The first-order valence-corrected chi connectivity index (χ1v) is 9.66. The van der Waals surface area contributed by atoms with Gasteiger partial charge in [0.15, 0.2) is 10.9 Å². The number of aryl methyl sites for hydroxylation is 1. The van der Waals surface area contributed by atoms with Crippen LogP contribution in [0.3, 0.4) is 0 Å². The molecule has 0 aliphatic rings. The number of alkyl halides is 3. The van der Waals surface area contributed by atoms with Gasteiger partial charge in [-0.3, -0.25) is 9.69 Å². The van der Waals surface area contributed by atoms with Crippen molar-refractivity contribution in [3.05, 3.63) is 63.5 Å². The number of carbonyl (C=O) groups excluding carboxylic acids is 1. The zero-order chi connectivity index (χ0) is 20.3. The van der Waals surface area contributed by atoms with E-state index in [0.717, 1.165) is 15.8 Å². The van der Waals surface area contributed by atoms with Crippen LogP contribution < -0.4 is 9.64 Å². The van der Waals surface area contributed by atoms with Gasteiger partial charge in [0.1, 0.15) is 24.7 Å². The molecule has 3 aromatic rings. The Morgan fingerprint density at radius 3 is 2.57 bits per heavy atom. The van der Waals surface area contributed by atoms with Crippen molar-refractivity contribution in [2.75, 3.05) is 11.4 Å². The molecule has 0 bridgehead atoms. The number of anilines is 1. The van der Waals surface area contributed by atoms with E-state index in [1.807, 2.05) is 0 Å². The largest absolute Gasteiger partial charge is 0.486 e. The number of carbonyl (C=O) groups is 1. The first-order valence-electron chi connectivity index (χ1n) is 7.99. The quantitative estimate of drug-likeness (QED) is 0.466. The van der Waals surface area contributed by atoms with Gasteiger partial charge >= 0.3 is 6.18 Å². The van der Waals surface area contributed by atoms with Gasteiger partial charge in [0.25, 0.3) is 5.91 Å². The molecule has 1 aromatic carbocycles. The number of ether oxygens (including phenoxy) is 1. The highest BCUT2D eigenvalue weighted by molar-refractivity contribution is 9.10. The van der Waals surface area contributed by atoms with Crippen LogP contribution in [0.1, 0.15) is 22.0 Å². The second kappa shape index (κ2) is 8.36. The topological polar surface area (TPSA) is 55.6 Å². The van der Waals surface area contributed by atoms with Crippen molar-refractivity contribution in [2.45, 2.75) is 19.7 Å². The van der Waals surface area contributed by atoms with E-state index in [9.17, 15) is 18.0 Å². The van der Waals surface area contributed by atoms with Gasteiger partial charge in [0, 0.05) is 9.85 Å². The molecule has 10 heteroatoms. The van der Waals surface area contributed by atoms with Crippen molar-refractivity contribution in [3.63, 3.8) is 0 Å². The van der Waals surface area contributed by atoms with Gasteiger partial charge in [0.05, 0.1) is 5.69 Å². The summed E-state index contributed by atoms with van der Waals surface area (Å²) >= 11 is 4.28. The van der Waals surface area contributed by atoms with Crippen molar-refractivity contribution < 1.29 is 27.1 Å². The Kier molecular flexibility index (Phi) is 6.09. The van der Waals surface area contributed by atoms with E-state index in [1.165, 1.54) is 12.1 Å². The molecule has 0 spiro atoms. The predicted octanol–water partition coefficient (Wildman–Crippen LogP) is 5.60. The van der Waals surface area contributed by atoms with Crippen LogP contribution in [0.25, 0.3) is 0 Å². The molecule has 3 rings (SSSR count). The maximum absolute atomic E-state index is 12.9. The second-order valence-electron chi connectivity index (χ2n) is 5.79. The number of furan rings is 1. The Hall–Kier alpha value is -2.33. The lowest BCUT2D eigenvalue weighted by Crippen LogP contribution is -2.39. The summed E-state index contributed by atoms with van der Waals surface area (Å²) in [4.78, 5) is 17.2. The van der Waals surface area contributed by atoms with E-state index in [4.69, 9.17) is 9.15 Å². The van der Waals surface area contributed by atoms with Crippen molar-refractivity contribution in [1.29, 1.82) is 0 Å². The molecule has 0 unspecified atom stereocenters. The normalized spacial score (nSPS) is 11.5. The summed E-state index contributed by atoms with van der Waals surface area (Å²) < 4.78 is 50.7. The summed E-state index contributed by atoms with van der Waals surface area (Å²) in [6, 6.07) is 9.91. The van der Waals surface area contributed by atoms with Crippen molar-refractivity contribution in [1.82, 2.24) is 4.98 Å². The predicted molar refractivity (Wildman–Crippen MR) is 102 cm³/mol. The number of hydrogen-bond acceptors (Lipinski definition) is 5. The van der Waals surface area contributed by atoms with Crippen LogP contribution in [0.5, 0.6) is 5.75 Å². The molecule has 1 amide bonds. The lowest BCUT2D eigenvalue weighted by atomic mass is 10.3. The maximum Gasteiger partial charge on any atom is 0.406 e. The Morgan fingerprint density at radius 2 is 1.96 bits per heavy atom. The van der Waals surface area contributed by atoms with Gasteiger partial charge in [-0.1, -0.05) is 15.9 Å². The number of aromatic nitrogens is 1. The number of nitrogens with zero attached hydrogens (tertiary/aromatic N) is 2. The molecule has 0 fully saturated rings. The highest BCUT2D eigenvalue weighted by Gasteiger charge is 2.36. The molecule has 0 saturated heterocycles. The Labute approximate surface area is 170 Å². The SMILES string of the molecule is Cc1csc(N(CC(F)(F)F)C(=O)c2ccc(COc3ccc(Br)cc3)o2)n1. The number of halogens is 4. The van der Waals surface area contributed by atoms with Gasteiger partial charge in [-0.05, 0) is 43.3 Å². The molecule has 0 saturated carbocycles. The van der Waals surface area contributed by atoms with Crippen LogP contribution in [0, 0.1) is 6.92 Å². The lowest BCUT2D eigenvalue weighted by molar-refractivity contribution is -0.118. The molecule has 0 atom stereocenters. The third-order valence-electron chi connectivity index (χ3n) is 3.49. The molecular formula is C18H14BrF3N2O3S. The third kappa shape index (κ3) is 5.35. The molecular weight excluding hydrogens is 461 g/mol. The third-order valence-corrected chi connectivity index (χ3v) is 5.00. The van der Waals surface area contributed by atoms with Gasteiger partial charge in [-0.2, -0.15) is 13.2 Å². The van der Waals surface area contributed by atoms with Gasteiger partial charge in [-0.15, -0.1) is 11.3 Å². The zero-order valence-corrected chi connectivity index (χ0v) is 16.9. The summed E-state index contributed by atoms with van der Waals surface area (Å²) in [6.07, 6.45) is -4.57. The molecule has 5 nitrogen and oxygen atoms in total. The van der Waals surface area contributed by atoms with Crippen LogP contribution in [0.2, 0.25) is 0 Å². The number of amides is 1. The second-order valence-corrected chi connectivity index (χ2v) is 7.54. The fourth-order valence-corrected chi connectivity index (χ4v) is 3.32. The fraction of sp³-hybridized carbons (Fsp3) is 0.222. The number of thiazole rings is 1. The van der Waals surface area contributed by atoms with Crippen LogP contribution in [0.4, 0.5) is 18.3 Å². The summed E-state index contributed by atoms with van der Waals surface area (Å²) in [6.45, 7) is 0.218. The average molecular weight is 475 g/mol. The van der Waals surface area contributed by atoms with E-state index in [0.29, 0.717) is 22.1 Å². The van der Waals surface area contributed by atoms with Crippen LogP contribution >= 0.6 is 27.3 Å². The molecule has 28 heavy (non-hydrogen) atoms. The van der Waals surface area contributed by atoms with E-state index in [2.05, 4.69) is 20.9 Å². The molecule has 0 aliphatic heterocycles. The van der Waals surface area contributed by atoms with Crippen LogP contribution in [-0.2, 0) is 6.61 Å². The standard InChI is InChI=1S/C18H14BrF3N2O3S/c1-11-9-28-17(23-11)24(10-18(20,21)22)16(25)15-7-6-14(27-15)8-26-13-4-2-12(19)3-5-13/h2-7,9H,8,10H2,1H3. The Morgan fingerprint density at radius 1 is 1.25 bits per heavy atom. The number of rotatable bonds is 6. The lowest BCUT2D eigenvalue weighted by Gasteiger charge is -2.20. The molecule has 0 radical (unpaired) electrons. The number of hydrogen-bond donors (Lipinski definition) is 0. The minimum atomic E-state index is -4.57. The Bertz CT molecular complexity index is 954. The first kappa shape index (κ1) is 20.4. The smallest absolute Gasteiger partial charge is 0.406 e. The fourth-order valence-electron chi connectivity index (χ4n) is 2.26. The van der Waals surface area contributed by atoms with Crippen LogP contribution in [-0.4, -0.2) is 23.6 Å². The summed E-state index contributed by atoms with van der Waals surface area (Å²) in [5.41, 5.74) is 0.531. The summed E-state index contributed by atoms with van der Waals surface area (Å²) in [5.74, 6) is -0.231. The van der Waals surface area contributed by atoms with E-state index >= 15 is 0 Å². The monoisotopic (exact) mass is 474 g/mol. The van der Waals surface area contributed by atoms with Crippen molar-refractivity contribution in [3.8, 4) is 5.75 Å². The first-order chi connectivity index (χ1) is 13.2. The van der Waals surface area contributed by atoms with Gasteiger partial charge < -0.3 is 9.15 Å². The average Bonchev–Trinajstić information content (AvgIpc) is 3.27. The molecule has 148 valence electrons. The van der Waals surface area contributed by atoms with E-state index in [-0.39, 0.29) is 17.5 Å². The minimum absolute atomic E-state index is 0.0323. The molecule has 2 heterocycles. The Balaban J connectivity index is 1.73. The van der Waals surface area contributed by atoms with Crippen LogP contribution in [0.15, 0.2) is 50.7 Å². The van der Waals surface area contributed by atoms with Gasteiger partial charge in [0.2, 0.25) is 0 Å². The number of benzene rings is 1. The molecule has 2 aromatic heterocycles. The molecule has 0 aliphatic carbocycles. The molecule has 0 N–H and O–H groups in total. The summed E-state index contributed by atoms with van der Waals surface area (Å²) in [7, 11) is 0. The summed E-state index contributed by atoms with van der Waals surface area (Å²) in [5, 5.41) is 1.54. The van der Waals surface area contributed by atoms with E-state index < -0.39 is 18.6 Å². The zero-order valence-electron chi connectivity index (χ0n) is 14.5. The maximum atomic E-state index is 12.9. The highest BCUT2D eigenvalue weighted by Crippen LogP contribution is 2.27. The highest BCUT2D eigenvalue weighted by atomic mass is 79.9. The van der Waals surface area contributed by atoms with Crippen molar-refractivity contribution >= 4 is 38.3 Å².